The number of hydrogen-bond donors (Lipinski definition) is 3. The van der Waals surface area contributed by atoms with Crippen molar-refractivity contribution in [2.45, 2.75) is 57.0 Å². The lowest BCUT2D eigenvalue weighted by Gasteiger charge is -2.29. The number of benzene rings is 1. The molecular weight excluding hydrogens is 492 g/mol. The van der Waals surface area contributed by atoms with Gasteiger partial charge in [-0.1, -0.05) is 11.6 Å². The average Bonchev–Trinajstić information content (AvgIpc) is 2.99. The molecule has 2 fully saturated rings. The maximum Gasteiger partial charge on any atom is 0.224 e. The maximum absolute atomic E-state index is 14.6. The number of imidazole rings is 1. The first-order chi connectivity index (χ1) is 17.4. The zero-order chi connectivity index (χ0) is 25.2. The van der Waals surface area contributed by atoms with Crippen LogP contribution in [0, 0.1) is 17.6 Å². The minimum absolute atomic E-state index is 0.0654. The molecule has 1 unspecified atom stereocenters. The summed E-state index contributed by atoms with van der Waals surface area (Å²) in [6.45, 7) is 1.43. The molecule has 1 aromatic carbocycles. The number of fused-ring (bicyclic) bond motifs is 1. The molecule has 3 heterocycles. The molecule has 0 bridgehead atoms. The predicted molar refractivity (Wildman–Crippen MR) is 132 cm³/mol. The predicted octanol–water partition coefficient (Wildman–Crippen LogP) is 4.70. The first kappa shape index (κ1) is 24.6. The van der Waals surface area contributed by atoms with Crippen molar-refractivity contribution in [3.05, 3.63) is 35.0 Å². The molecule has 3 aromatic rings. The number of carbonyl (C=O) groups excluding carboxylic acids is 1. The monoisotopic (exact) mass is 519 g/mol. The Morgan fingerprint density at radius 2 is 1.92 bits per heavy atom. The van der Waals surface area contributed by atoms with Gasteiger partial charge in [0.1, 0.15) is 11.3 Å². The smallest absolute Gasteiger partial charge is 0.224 e. The molecule has 36 heavy (non-hydrogen) atoms. The second-order valence-electron chi connectivity index (χ2n) is 9.37. The highest BCUT2D eigenvalue weighted by Crippen LogP contribution is 2.38. The maximum atomic E-state index is 14.6. The molecule has 4 N–H and O–H groups in total. The number of ether oxygens (including phenoxy) is 1. The Morgan fingerprint density at radius 1 is 1.11 bits per heavy atom. The Balaban J connectivity index is 1.51. The van der Waals surface area contributed by atoms with Gasteiger partial charge in [-0.05, 0) is 51.0 Å². The molecule has 1 saturated heterocycles. The average molecular weight is 520 g/mol. The van der Waals surface area contributed by atoms with Crippen molar-refractivity contribution in [2.24, 2.45) is 11.7 Å². The zero-order valence-corrected chi connectivity index (χ0v) is 20.4. The fourth-order valence-corrected chi connectivity index (χ4v) is 5.26. The van der Waals surface area contributed by atoms with Crippen molar-refractivity contribution >= 4 is 46.3 Å². The van der Waals surface area contributed by atoms with Crippen molar-refractivity contribution < 1.29 is 18.3 Å². The van der Waals surface area contributed by atoms with Gasteiger partial charge in [0.15, 0.2) is 11.5 Å². The fraction of sp³-hybridized carbons (Fsp3) is 0.500. The molecule has 1 atom stereocenters. The van der Waals surface area contributed by atoms with Crippen molar-refractivity contribution in [1.82, 2.24) is 19.5 Å². The molecular formula is C24H28ClF2N7O2. The number of amides is 1. The lowest BCUT2D eigenvalue weighted by molar-refractivity contribution is -0.122. The van der Waals surface area contributed by atoms with Gasteiger partial charge >= 0.3 is 0 Å². The van der Waals surface area contributed by atoms with Crippen LogP contribution in [0.4, 0.5) is 26.4 Å². The van der Waals surface area contributed by atoms with E-state index in [4.69, 9.17) is 27.1 Å². The quantitative estimate of drug-likeness (QED) is 0.431. The number of anilines is 3. The van der Waals surface area contributed by atoms with Gasteiger partial charge in [-0.2, -0.15) is 4.98 Å². The summed E-state index contributed by atoms with van der Waals surface area (Å²) in [5, 5.41) is 6.24. The van der Waals surface area contributed by atoms with E-state index in [1.807, 2.05) is 4.57 Å². The van der Waals surface area contributed by atoms with E-state index < -0.39 is 11.6 Å². The summed E-state index contributed by atoms with van der Waals surface area (Å²) >= 11 is 6.14. The van der Waals surface area contributed by atoms with Gasteiger partial charge in [-0.3, -0.25) is 9.36 Å². The number of carbonyl (C=O) groups is 1. The van der Waals surface area contributed by atoms with Gasteiger partial charge in [-0.15, -0.1) is 0 Å². The van der Waals surface area contributed by atoms with Crippen LogP contribution in [0.2, 0.25) is 5.02 Å². The first-order valence-corrected chi connectivity index (χ1v) is 12.6. The Hall–Kier alpha value is -3.05. The summed E-state index contributed by atoms with van der Waals surface area (Å²) in [7, 11) is 0. The van der Waals surface area contributed by atoms with Crippen molar-refractivity contribution in [3.63, 3.8) is 0 Å². The molecule has 2 aromatic heterocycles. The molecule has 5 rings (SSSR count). The standard InChI is InChI=1S/C24H28ClF2N7O2/c25-17-10-14(26)11-18(27)20(17)32-24-31-19-12-29-23(30-15-2-1-8-36-9-7-15)33-22(19)34(24)16-5-3-13(4-6-16)21(28)35/h10-13,15-16H,1-9H2,(H2,28,35)(H,31,32)(H,29,30,33)/t13-,15?,16-. The van der Waals surface area contributed by atoms with Crippen LogP contribution in [0.3, 0.4) is 0 Å². The van der Waals surface area contributed by atoms with Gasteiger partial charge in [0, 0.05) is 37.3 Å². The summed E-state index contributed by atoms with van der Waals surface area (Å²) in [4.78, 5) is 25.5. The molecule has 12 heteroatoms. The van der Waals surface area contributed by atoms with Gasteiger partial charge in [0.25, 0.3) is 0 Å². The number of nitrogens with two attached hydrogens (primary N) is 1. The van der Waals surface area contributed by atoms with E-state index in [0.29, 0.717) is 55.4 Å². The van der Waals surface area contributed by atoms with Gasteiger partial charge < -0.3 is 21.1 Å². The molecule has 1 aliphatic heterocycles. The van der Waals surface area contributed by atoms with E-state index in [2.05, 4.69) is 20.6 Å². The van der Waals surface area contributed by atoms with E-state index in [0.717, 1.165) is 38.0 Å². The van der Waals surface area contributed by atoms with E-state index >= 15 is 0 Å². The lowest BCUT2D eigenvalue weighted by Crippen LogP contribution is -2.29. The SMILES string of the molecule is NC(=O)[C@H]1CC[C@H](n2c(Nc3c(F)cc(F)cc3Cl)nc3cnc(NC4CCCOCC4)nc32)CC1. The number of hydrogen-bond acceptors (Lipinski definition) is 7. The highest BCUT2D eigenvalue weighted by Gasteiger charge is 2.29. The summed E-state index contributed by atoms with van der Waals surface area (Å²) in [6.07, 6.45) is 6.97. The highest BCUT2D eigenvalue weighted by atomic mass is 35.5. The van der Waals surface area contributed by atoms with Crippen LogP contribution in [0.15, 0.2) is 18.3 Å². The molecule has 2 aliphatic rings. The first-order valence-electron chi connectivity index (χ1n) is 12.2. The number of nitrogens with zero attached hydrogens (tertiary/aromatic N) is 4. The number of nitrogens with one attached hydrogen (secondary N) is 2. The summed E-state index contributed by atoms with van der Waals surface area (Å²) in [5.74, 6) is -1.30. The van der Waals surface area contributed by atoms with Crippen LogP contribution in [0.25, 0.3) is 11.2 Å². The van der Waals surface area contributed by atoms with Crippen molar-refractivity contribution in [3.8, 4) is 0 Å². The molecule has 1 saturated carbocycles. The summed E-state index contributed by atoms with van der Waals surface area (Å²) in [6, 6.07) is 1.93. The van der Waals surface area contributed by atoms with E-state index in [1.54, 1.807) is 6.20 Å². The molecule has 0 radical (unpaired) electrons. The Bertz CT molecular complexity index is 1230. The minimum atomic E-state index is -0.833. The largest absolute Gasteiger partial charge is 0.381 e. The number of rotatable bonds is 6. The van der Waals surface area contributed by atoms with Crippen LogP contribution in [-0.2, 0) is 9.53 Å². The number of halogens is 3. The number of primary amides is 1. The van der Waals surface area contributed by atoms with Crippen LogP contribution < -0.4 is 16.4 Å². The van der Waals surface area contributed by atoms with Gasteiger partial charge in [-0.25, -0.2) is 18.7 Å². The lowest BCUT2D eigenvalue weighted by atomic mass is 9.85. The molecule has 0 spiro atoms. The second kappa shape index (κ2) is 10.5. The third-order valence-electron chi connectivity index (χ3n) is 6.93. The normalized spacial score (nSPS) is 22.8. The molecule has 9 nitrogen and oxygen atoms in total. The minimum Gasteiger partial charge on any atom is -0.381 e. The Kier molecular flexibility index (Phi) is 7.20. The van der Waals surface area contributed by atoms with Crippen LogP contribution in [0.5, 0.6) is 0 Å². The molecule has 1 aliphatic carbocycles. The van der Waals surface area contributed by atoms with Gasteiger partial charge in [0.2, 0.25) is 17.8 Å². The molecule has 192 valence electrons. The Morgan fingerprint density at radius 3 is 2.67 bits per heavy atom. The van der Waals surface area contributed by atoms with Crippen molar-refractivity contribution in [1.29, 1.82) is 0 Å². The zero-order valence-electron chi connectivity index (χ0n) is 19.6. The van der Waals surface area contributed by atoms with Crippen LogP contribution in [0.1, 0.15) is 51.0 Å². The highest BCUT2D eigenvalue weighted by molar-refractivity contribution is 6.33. The van der Waals surface area contributed by atoms with Gasteiger partial charge in [0.05, 0.1) is 16.9 Å². The fourth-order valence-electron chi connectivity index (χ4n) is 5.02. The van der Waals surface area contributed by atoms with Crippen molar-refractivity contribution in [2.75, 3.05) is 23.8 Å². The van der Waals surface area contributed by atoms with E-state index in [-0.39, 0.29) is 34.6 Å². The third-order valence-corrected chi connectivity index (χ3v) is 7.22. The third kappa shape index (κ3) is 5.22. The summed E-state index contributed by atoms with van der Waals surface area (Å²) < 4.78 is 35.6. The summed E-state index contributed by atoms with van der Waals surface area (Å²) in [5.41, 5.74) is 6.53. The van der Waals surface area contributed by atoms with E-state index in [1.165, 1.54) is 0 Å². The van der Waals surface area contributed by atoms with E-state index in [9.17, 15) is 13.6 Å². The van der Waals surface area contributed by atoms with Crippen LogP contribution >= 0.6 is 11.6 Å². The second-order valence-corrected chi connectivity index (χ2v) is 9.78. The topological polar surface area (TPSA) is 120 Å². The molecule has 1 amide bonds. The Labute approximate surface area is 211 Å². The number of aromatic nitrogens is 4. The van der Waals surface area contributed by atoms with Crippen LogP contribution in [-0.4, -0.2) is 44.7 Å².